The fourth-order valence-electron chi connectivity index (χ4n) is 3.70. The zero-order valence-electron chi connectivity index (χ0n) is 14.4. The number of hydrogen-bond acceptors (Lipinski definition) is 4. The normalized spacial score (nSPS) is 23.6. The van der Waals surface area contributed by atoms with Crippen LogP contribution in [0.3, 0.4) is 0 Å². The SMILES string of the molecule is CN(CC(=O)N1CCC(C(O)c2ccccc2)CC1)C1CCSC1. The molecule has 1 N–H and O–H groups in total. The number of nitrogens with zero attached hydrogens (tertiary/aromatic N) is 2. The molecule has 2 aliphatic heterocycles. The summed E-state index contributed by atoms with van der Waals surface area (Å²) in [4.78, 5) is 16.7. The molecule has 2 unspecified atom stereocenters. The topological polar surface area (TPSA) is 43.8 Å². The first-order chi connectivity index (χ1) is 11.6. The third kappa shape index (κ3) is 4.32. The van der Waals surface area contributed by atoms with Gasteiger partial charge in [0.05, 0.1) is 12.6 Å². The Morgan fingerprint density at radius 2 is 2.00 bits per heavy atom. The van der Waals surface area contributed by atoms with Crippen molar-refractivity contribution in [3.63, 3.8) is 0 Å². The molecule has 24 heavy (non-hydrogen) atoms. The third-order valence-corrected chi connectivity index (χ3v) is 6.54. The van der Waals surface area contributed by atoms with Crippen molar-refractivity contribution >= 4 is 17.7 Å². The number of thioether (sulfide) groups is 1. The molecular weight excluding hydrogens is 320 g/mol. The largest absolute Gasteiger partial charge is 0.388 e. The second-order valence-electron chi connectivity index (χ2n) is 7.01. The van der Waals surface area contributed by atoms with E-state index in [0.717, 1.165) is 37.2 Å². The highest BCUT2D eigenvalue weighted by Gasteiger charge is 2.29. The number of carbonyl (C=O) groups is 1. The van der Waals surface area contributed by atoms with E-state index in [2.05, 4.69) is 11.9 Å². The van der Waals surface area contributed by atoms with Gasteiger partial charge in [0.15, 0.2) is 0 Å². The van der Waals surface area contributed by atoms with E-state index in [0.29, 0.717) is 12.6 Å². The Bertz CT molecular complexity index is 525. The van der Waals surface area contributed by atoms with Crippen molar-refractivity contribution in [3.05, 3.63) is 35.9 Å². The summed E-state index contributed by atoms with van der Waals surface area (Å²) >= 11 is 1.98. The first-order valence-electron chi connectivity index (χ1n) is 8.94. The van der Waals surface area contributed by atoms with Crippen LogP contribution in [-0.4, -0.2) is 65.0 Å². The molecule has 2 saturated heterocycles. The van der Waals surface area contributed by atoms with E-state index in [-0.39, 0.29) is 11.8 Å². The van der Waals surface area contributed by atoms with Crippen molar-refractivity contribution in [2.24, 2.45) is 5.92 Å². The summed E-state index contributed by atoms with van der Waals surface area (Å²) in [5.41, 5.74) is 0.987. The zero-order chi connectivity index (χ0) is 16.9. The zero-order valence-corrected chi connectivity index (χ0v) is 15.3. The molecule has 0 saturated carbocycles. The van der Waals surface area contributed by atoms with Crippen LogP contribution in [0.15, 0.2) is 30.3 Å². The first-order valence-corrected chi connectivity index (χ1v) is 10.1. The van der Waals surface area contributed by atoms with E-state index in [1.54, 1.807) is 0 Å². The predicted molar refractivity (Wildman–Crippen MR) is 99.1 cm³/mol. The number of carbonyl (C=O) groups excluding carboxylic acids is 1. The Morgan fingerprint density at radius 1 is 1.29 bits per heavy atom. The minimum atomic E-state index is -0.415. The fourth-order valence-corrected chi connectivity index (χ4v) is 5.00. The van der Waals surface area contributed by atoms with Crippen molar-refractivity contribution in [3.8, 4) is 0 Å². The Morgan fingerprint density at radius 3 is 2.62 bits per heavy atom. The minimum absolute atomic E-state index is 0.238. The van der Waals surface area contributed by atoms with Crippen LogP contribution in [0.5, 0.6) is 0 Å². The molecule has 1 aromatic carbocycles. The van der Waals surface area contributed by atoms with Gasteiger partial charge in [0.1, 0.15) is 0 Å². The second-order valence-corrected chi connectivity index (χ2v) is 8.16. The van der Waals surface area contributed by atoms with Gasteiger partial charge in [-0.3, -0.25) is 9.69 Å². The maximum Gasteiger partial charge on any atom is 0.236 e. The maximum atomic E-state index is 12.5. The predicted octanol–water partition coefficient (Wildman–Crippen LogP) is 2.40. The Balaban J connectivity index is 1.46. The van der Waals surface area contributed by atoms with E-state index >= 15 is 0 Å². The van der Waals surface area contributed by atoms with E-state index in [9.17, 15) is 9.90 Å². The van der Waals surface area contributed by atoms with Gasteiger partial charge < -0.3 is 10.0 Å². The van der Waals surface area contributed by atoms with Crippen LogP contribution in [0.2, 0.25) is 0 Å². The summed E-state index contributed by atoms with van der Waals surface area (Å²) in [5.74, 6) is 2.85. The fraction of sp³-hybridized carbons (Fsp3) is 0.632. The summed E-state index contributed by atoms with van der Waals surface area (Å²) in [7, 11) is 2.07. The third-order valence-electron chi connectivity index (χ3n) is 5.39. The number of aliphatic hydroxyl groups excluding tert-OH is 1. The lowest BCUT2D eigenvalue weighted by Gasteiger charge is -2.35. The van der Waals surface area contributed by atoms with Gasteiger partial charge in [-0.25, -0.2) is 0 Å². The molecule has 5 heteroatoms. The van der Waals surface area contributed by atoms with Gasteiger partial charge in [-0.2, -0.15) is 11.8 Å². The van der Waals surface area contributed by atoms with Gasteiger partial charge >= 0.3 is 0 Å². The van der Waals surface area contributed by atoms with Gasteiger partial charge in [-0.15, -0.1) is 0 Å². The van der Waals surface area contributed by atoms with Crippen molar-refractivity contribution in [2.75, 3.05) is 38.2 Å². The highest BCUT2D eigenvalue weighted by molar-refractivity contribution is 7.99. The summed E-state index contributed by atoms with van der Waals surface area (Å²) in [6.07, 6.45) is 2.54. The van der Waals surface area contributed by atoms with Gasteiger partial charge in [0.25, 0.3) is 0 Å². The molecule has 2 heterocycles. The number of benzene rings is 1. The van der Waals surface area contributed by atoms with Gasteiger partial charge in [0, 0.05) is 24.9 Å². The van der Waals surface area contributed by atoms with Crippen molar-refractivity contribution in [1.82, 2.24) is 9.80 Å². The number of aliphatic hydroxyl groups is 1. The molecule has 2 fully saturated rings. The van der Waals surface area contributed by atoms with Crippen molar-refractivity contribution in [2.45, 2.75) is 31.4 Å². The van der Waals surface area contributed by atoms with Gasteiger partial charge in [-0.1, -0.05) is 30.3 Å². The van der Waals surface area contributed by atoms with Crippen LogP contribution < -0.4 is 0 Å². The molecule has 4 nitrogen and oxygen atoms in total. The number of hydrogen-bond donors (Lipinski definition) is 1. The lowest BCUT2D eigenvalue weighted by molar-refractivity contribution is -0.134. The molecule has 1 amide bonds. The highest BCUT2D eigenvalue weighted by atomic mass is 32.2. The molecule has 0 aromatic heterocycles. The van der Waals surface area contributed by atoms with Crippen LogP contribution in [-0.2, 0) is 4.79 Å². The van der Waals surface area contributed by atoms with Crippen molar-refractivity contribution < 1.29 is 9.90 Å². The lowest BCUT2D eigenvalue weighted by Crippen LogP contribution is -2.46. The van der Waals surface area contributed by atoms with Crippen LogP contribution in [0, 0.1) is 5.92 Å². The van der Waals surface area contributed by atoms with E-state index in [4.69, 9.17) is 0 Å². The van der Waals surface area contributed by atoms with E-state index in [1.807, 2.05) is 47.0 Å². The minimum Gasteiger partial charge on any atom is -0.388 e. The summed E-state index contributed by atoms with van der Waals surface area (Å²) in [5, 5.41) is 10.5. The number of likely N-dealkylation sites (tertiary alicyclic amines) is 1. The average molecular weight is 349 g/mol. The van der Waals surface area contributed by atoms with Crippen LogP contribution in [0.25, 0.3) is 0 Å². The molecular formula is C19H28N2O2S. The quantitative estimate of drug-likeness (QED) is 0.887. The number of rotatable bonds is 5. The molecule has 0 spiro atoms. The van der Waals surface area contributed by atoms with Crippen LogP contribution in [0.1, 0.15) is 30.9 Å². The Kier molecular flexibility index (Phi) is 6.19. The first kappa shape index (κ1) is 17.8. The van der Waals surface area contributed by atoms with E-state index in [1.165, 1.54) is 12.2 Å². The maximum absolute atomic E-state index is 12.5. The molecule has 3 rings (SSSR count). The molecule has 0 bridgehead atoms. The summed E-state index contributed by atoms with van der Waals surface area (Å²) in [6.45, 7) is 2.05. The number of piperidine rings is 1. The number of likely N-dealkylation sites (N-methyl/N-ethyl adjacent to an activating group) is 1. The van der Waals surface area contributed by atoms with E-state index < -0.39 is 6.10 Å². The van der Waals surface area contributed by atoms with Crippen LogP contribution >= 0.6 is 11.8 Å². The highest BCUT2D eigenvalue weighted by Crippen LogP contribution is 2.30. The van der Waals surface area contributed by atoms with Crippen LogP contribution in [0.4, 0.5) is 0 Å². The molecule has 132 valence electrons. The summed E-state index contributed by atoms with van der Waals surface area (Å²) in [6, 6.07) is 10.4. The smallest absolute Gasteiger partial charge is 0.236 e. The monoisotopic (exact) mass is 348 g/mol. The second kappa shape index (κ2) is 8.37. The number of amides is 1. The van der Waals surface area contributed by atoms with Crippen molar-refractivity contribution in [1.29, 1.82) is 0 Å². The average Bonchev–Trinajstić information content (AvgIpc) is 3.17. The van der Waals surface area contributed by atoms with Gasteiger partial charge in [-0.05, 0) is 43.5 Å². The Labute approximate surface area is 149 Å². The lowest BCUT2D eigenvalue weighted by atomic mass is 9.87. The summed E-state index contributed by atoms with van der Waals surface area (Å²) < 4.78 is 0. The molecule has 0 radical (unpaired) electrons. The van der Waals surface area contributed by atoms with Gasteiger partial charge in [0.2, 0.25) is 5.91 Å². The molecule has 2 atom stereocenters. The molecule has 1 aromatic rings. The Hall–Kier alpha value is -1.04. The molecule has 0 aliphatic carbocycles. The molecule has 2 aliphatic rings. The standard InChI is InChI=1S/C19H28N2O2S/c1-20(17-9-12-24-14-17)13-18(22)21-10-7-16(8-11-21)19(23)15-5-3-2-4-6-15/h2-6,16-17,19,23H,7-14H2,1H3.